The van der Waals surface area contributed by atoms with E-state index in [-0.39, 0.29) is 51.1 Å². The normalized spacial score (nSPS) is 14.0. The molecular formula is C24H27F3N4O3. The number of hydrogen-bond donors (Lipinski definition) is 1. The molecule has 1 aliphatic rings. The van der Waals surface area contributed by atoms with Gasteiger partial charge < -0.3 is 20.0 Å². The Labute approximate surface area is 196 Å². The summed E-state index contributed by atoms with van der Waals surface area (Å²) in [6, 6.07) is 13.9. The zero-order valence-electron chi connectivity index (χ0n) is 18.8. The third-order valence-electron chi connectivity index (χ3n) is 5.61. The van der Waals surface area contributed by atoms with Crippen molar-refractivity contribution in [3.63, 3.8) is 0 Å². The van der Waals surface area contributed by atoms with Crippen molar-refractivity contribution in [1.82, 2.24) is 20.0 Å². The van der Waals surface area contributed by atoms with Gasteiger partial charge in [0.2, 0.25) is 5.91 Å². The molecule has 0 atom stereocenters. The summed E-state index contributed by atoms with van der Waals surface area (Å²) in [5, 5.41) is 2.71. The Morgan fingerprint density at radius 2 is 1.50 bits per heavy atom. The van der Waals surface area contributed by atoms with Crippen molar-refractivity contribution in [2.75, 3.05) is 39.8 Å². The lowest BCUT2D eigenvalue weighted by molar-refractivity contribution is -0.138. The number of piperazine rings is 1. The molecule has 1 saturated heterocycles. The number of nitrogens with zero attached hydrogens (tertiary/aromatic N) is 3. The maximum Gasteiger partial charge on any atom is 0.417 e. The molecule has 7 nitrogen and oxygen atoms in total. The van der Waals surface area contributed by atoms with Crippen LogP contribution >= 0.6 is 0 Å². The smallest absolute Gasteiger partial charge is 0.339 e. The van der Waals surface area contributed by atoms with Crippen LogP contribution in [0.25, 0.3) is 0 Å². The van der Waals surface area contributed by atoms with E-state index in [1.807, 2.05) is 30.3 Å². The molecule has 0 saturated carbocycles. The van der Waals surface area contributed by atoms with E-state index in [2.05, 4.69) is 5.32 Å². The lowest BCUT2D eigenvalue weighted by Gasteiger charge is -2.35. The van der Waals surface area contributed by atoms with Crippen molar-refractivity contribution in [3.8, 4) is 0 Å². The second kappa shape index (κ2) is 11.0. The van der Waals surface area contributed by atoms with Crippen molar-refractivity contribution >= 4 is 17.8 Å². The molecule has 0 unspecified atom stereocenters. The van der Waals surface area contributed by atoms with E-state index < -0.39 is 23.2 Å². The van der Waals surface area contributed by atoms with E-state index in [9.17, 15) is 27.6 Å². The van der Waals surface area contributed by atoms with Crippen LogP contribution in [0.4, 0.5) is 18.0 Å². The summed E-state index contributed by atoms with van der Waals surface area (Å²) in [4.78, 5) is 41.8. The van der Waals surface area contributed by atoms with E-state index in [1.165, 1.54) is 28.0 Å². The molecule has 2 aromatic rings. The Balaban J connectivity index is 1.43. The molecule has 0 radical (unpaired) electrons. The Bertz CT molecular complexity index is 1010. The summed E-state index contributed by atoms with van der Waals surface area (Å²) in [7, 11) is 1.66. The summed E-state index contributed by atoms with van der Waals surface area (Å²) in [6.07, 6.45) is -4.53. The Morgan fingerprint density at radius 1 is 0.912 bits per heavy atom. The highest BCUT2D eigenvalue weighted by atomic mass is 19.4. The van der Waals surface area contributed by atoms with Crippen molar-refractivity contribution in [2.24, 2.45) is 0 Å². The molecule has 34 heavy (non-hydrogen) atoms. The van der Waals surface area contributed by atoms with Gasteiger partial charge in [-0.2, -0.15) is 13.2 Å². The molecule has 4 amide bonds. The lowest BCUT2D eigenvalue weighted by Crippen LogP contribution is -2.51. The molecule has 1 N–H and O–H groups in total. The molecule has 0 aliphatic carbocycles. The minimum atomic E-state index is -4.62. The van der Waals surface area contributed by atoms with E-state index in [4.69, 9.17) is 0 Å². The fraction of sp³-hybridized carbons (Fsp3) is 0.375. The maximum absolute atomic E-state index is 13.2. The van der Waals surface area contributed by atoms with Crippen LogP contribution in [0.1, 0.15) is 27.9 Å². The number of urea groups is 1. The van der Waals surface area contributed by atoms with Gasteiger partial charge in [-0.3, -0.25) is 9.59 Å². The first kappa shape index (κ1) is 25.1. The molecule has 1 aliphatic heterocycles. The molecule has 0 spiro atoms. The number of benzene rings is 2. The summed E-state index contributed by atoms with van der Waals surface area (Å²) >= 11 is 0. The van der Waals surface area contributed by atoms with E-state index >= 15 is 0 Å². The number of hydrogen-bond acceptors (Lipinski definition) is 3. The molecule has 182 valence electrons. The largest absolute Gasteiger partial charge is 0.417 e. The summed E-state index contributed by atoms with van der Waals surface area (Å²) < 4.78 is 39.7. The van der Waals surface area contributed by atoms with Gasteiger partial charge in [0.25, 0.3) is 5.91 Å². The van der Waals surface area contributed by atoms with Gasteiger partial charge in [0, 0.05) is 52.7 Å². The second-order valence-corrected chi connectivity index (χ2v) is 8.04. The van der Waals surface area contributed by atoms with E-state index in [1.54, 1.807) is 11.9 Å². The van der Waals surface area contributed by atoms with Gasteiger partial charge in [-0.15, -0.1) is 0 Å². The minimum absolute atomic E-state index is 0.0930. The summed E-state index contributed by atoms with van der Waals surface area (Å²) in [5.41, 5.74) is -0.370. The first-order valence-corrected chi connectivity index (χ1v) is 10.9. The number of nitrogens with one attached hydrogen (secondary N) is 1. The maximum atomic E-state index is 13.2. The zero-order chi connectivity index (χ0) is 24.7. The first-order chi connectivity index (χ1) is 16.2. The third kappa shape index (κ3) is 6.49. The van der Waals surface area contributed by atoms with Crippen molar-refractivity contribution < 1.29 is 27.6 Å². The van der Waals surface area contributed by atoms with Gasteiger partial charge in [-0.25, -0.2) is 4.79 Å². The van der Waals surface area contributed by atoms with Crippen molar-refractivity contribution in [1.29, 1.82) is 0 Å². The summed E-state index contributed by atoms with van der Waals surface area (Å²) in [5.74, 6) is -0.887. The first-order valence-electron chi connectivity index (χ1n) is 10.9. The fourth-order valence-corrected chi connectivity index (χ4v) is 3.74. The minimum Gasteiger partial charge on any atom is -0.339 e. The SMILES string of the molecule is CN(Cc1ccccc1)C(=O)NCCC(=O)N1CCN(C(=O)c2ccccc2C(F)(F)F)CC1. The summed E-state index contributed by atoms with van der Waals surface area (Å²) in [6.45, 7) is 1.33. The Morgan fingerprint density at radius 3 is 2.15 bits per heavy atom. The quantitative estimate of drug-likeness (QED) is 0.696. The highest BCUT2D eigenvalue weighted by Crippen LogP contribution is 2.32. The zero-order valence-corrected chi connectivity index (χ0v) is 18.8. The van der Waals surface area contributed by atoms with Crippen LogP contribution in [0.2, 0.25) is 0 Å². The average molecular weight is 476 g/mol. The third-order valence-corrected chi connectivity index (χ3v) is 5.61. The molecule has 1 fully saturated rings. The van der Waals surface area contributed by atoms with E-state index in [0.29, 0.717) is 6.54 Å². The van der Waals surface area contributed by atoms with Gasteiger partial charge in [-0.1, -0.05) is 42.5 Å². The van der Waals surface area contributed by atoms with Gasteiger partial charge in [0.1, 0.15) is 0 Å². The number of carbonyl (C=O) groups is 3. The Kier molecular flexibility index (Phi) is 8.14. The second-order valence-electron chi connectivity index (χ2n) is 8.04. The van der Waals surface area contributed by atoms with Crippen LogP contribution in [0.3, 0.4) is 0 Å². The van der Waals surface area contributed by atoms with Crippen LogP contribution in [-0.2, 0) is 17.5 Å². The molecule has 0 aromatic heterocycles. The molecule has 2 aromatic carbocycles. The highest BCUT2D eigenvalue weighted by molar-refractivity contribution is 5.96. The lowest BCUT2D eigenvalue weighted by atomic mass is 10.1. The van der Waals surface area contributed by atoms with Crippen LogP contribution in [0.15, 0.2) is 54.6 Å². The van der Waals surface area contributed by atoms with Crippen molar-refractivity contribution in [3.05, 3.63) is 71.3 Å². The monoisotopic (exact) mass is 476 g/mol. The highest BCUT2D eigenvalue weighted by Gasteiger charge is 2.36. The van der Waals surface area contributed by atoms with Crippen LogP contribution in [0, 0.1) is 0 Å². The van der Waals surface area contributed by atoms with Gasteiger partial charge in [0.15, 0.2) is 0 Å². The molecule has 10 heteroatoms. The topological polar surface area (TPSA) is 73.0 Å². The van der Waals surface area contributed by atoms with Gasteiger partial charge >= 0.3 is 12.2 Å². The number of amides is 4. The average Bonchev–Trinajstić information content (AvgIpc) is 2.83. The fourth-order valence-electron chi connectivity index (χ4n) is 3.74. The number of halogens is 3. The molecule has 1 heterocycles. The molecule has 3 rings (SSSR count). The number of rotatable bonds is 6. The molecular weight excluding hydrogens is 449 g/mol. The van der Waals surface area contributed by atoms with Crippen LogP contribution < -0.4 is 5.32 Å². The Hall–Kier alpha value is -3.56. The van der Waals surface area contributed by atoms with Crippen molar-refractivity contribution in [2.45, 2.75) is 19.1 Å². The van der Waals surface area contributed by atoms with Gasteiger partial charge in [0.05, 0.1) is 11.1 Å². The molecule has 0 bridgehead atoms. The van der Waals surface area contributed by atoms with Gasteiger partial charge in [-0.05, 0) is 17.7 Å². The predicted octanol–water partition coefficient (Wildman–Crippen LogP) is 3.22. The standard InChI is InChI=1S/C24H27F3N4O3/c1-29(17-18-7-3-2-4-8-18)23(34)28-12-11-21(32)30-13-15-31(16-14-30)22(33)19-9-5-6-10-20(19)24(25,26)27/h2-10H,11-17H2,1H3,(H,28,34). The van der Waals surface area contributed by atoms with Crippen LogP contribution in [-0.4, -0.2) is 72.3 Å². The number of alkyl halides is 3. The number of carbonyl (C=O) groups excluding carboxylic acids is 3. The van der Waals surface area contributed by atoms with E-state index in [0.717, 1.165) is 11.6 Å². The predicted molar refractivity (Wildman–Crippen MR) is 120 cm³/mol. The van der Waals surface area contributed by atoms with Crippen LogP contribution in [0.5, 0.6) is 0 Å².